The summed E-state index contributed by atoms with van der Waals surface area (Å²) < 4.78 is 5.32. The van der Waals surface area contributed by atoms with Gasteiger partial charge in [-0.2, -0.15) is 0 Å². The van der Waals surface area contributed by atoms with Gasteiger partial charge >= 0.3 is 0 Å². The van der Waals surface area contributed by atoms with Gasteiger partial charge < -0.3 is 20.7 Å². The third-order valence-corrected chi connectivity index (χ3v) is 3.57. The Morgan fingerprint density at radius 1 is 1.16 bits per heavy atom. The summed E-state index contributed by atoms with van der Waals surface area (Å²) >= 11 is 0. The van der Waals surface area contributed by atoms with Crippen LogP contribution in [0.5, 0.6) is 5.75 Å². The molecular weight excluding hydrogens is 316 g/mol. The molecule has 132 valence electrons. The lowest BCUT2D eigenvalue weighted by atomic mass is 10.2. The fraction of sp³-hybridized carbons (Fsp3) is 0.263. The molecule has 0 saturated carbocycles. The van der Waals surface area contributed by atoms with Gasteiger partial charge in [0.25, 0.3) is 5.91 Å². The zero-order valence-corrected chi connectivity index (χ0v) is 14.6. The summed E-state index contributed by atoms with van der Waals surface area (Å²) in [6.07, 6.45) is 0. The molecule has 2 rings (SSSR count). The van der Waals surface area contributed by atoms with Gasteiger partial charge in [0.05, 0.1) is 0 Å². The summed E-state index contributed by atoms with van der Waals surface area (Å²) in [5.41, 5.74) is 7.34. The first-order chi connectivity index (χ1) is 12.1. The van der Waals surface area contributed by atoms with E-state index in [1.807, 2.05) is 43.4 Å². The molecular formula is C19H24N4O2. The maximum absolute atomic E-state index is 10.8. The van der Waals surface area contributed by atoms with Crippen molar-refractivity contribution in [2.45, 2.75) is 13.1 Å². The van der Waals surface area contributed by atoms with E-state index in [9.17, 15) is 4.79 Å². The van der Waals surface area contributed by atoms with E-state index >= 15 is 0 Å². The molecule has 1 amide bonds. The minimum absolute atomic E-state index is 0.127. The number of amides is 1. The second-order valence-corrected chi connectivity index (χ2v) is 5.64. The van der Waals surface area contributed by atoms with Gasteiger partial charge in [-0.3, -0.25) is 9.79 Å². The van der Waals surface area contributed by atoms with Gasteiger partial charge in [0.15, 0.2) is 12.6 Å². The van der Waals surface area contributed by atoms with Gasteiger partial charge in [-0.05, 0) is 23.3 Å². The Bertz CT molecular complexity index is 716. The molecule has 0 heterocycles. The first kappa shape index (κ1) is 18.3. The van der Waals surface area contributed by atoms with E-state index in [1.54, 1.807) is 13.1 Å². The smallest absolute Gasteiger partial charge is 0.255 e. The van der Waals surface area contributed by atoms with Gasteiger partial charge in [0, 0.05) is 27.2 Å². The third kappa shape index (κ3) is 6.18. The summed E-state index contributed by atoms with van der Waals surface area (Å²) in [4.78, 5) is 17.2. The minimum atomic E-state index is -0.494. The van der Waals surface area contributed by atoms with Gasteiger partial charge in [-0.1, -0.05) is 42.5 Å². The largest absolute Gasteiger partial charge is 0.484 e. The molecule has 0 aliphatic carbocycles. The van der Waals surface area contributed by atoms with Crippen LogP contribution in [0.4, 0.5) is 0 Å². The molecule has 0 atom stereocenters. The van der Waals surface area contributed by atoms with Gasteiger partial charge in [-0.15, -0.1) is 0 Å². The number of ether oxygens (including phenoxy) is 1. The Morgan fingerprint density at radius 3 is 2.56 bits per heavy atom. The topological polar surface area (TPSA) is 80.0 Å². The number of guanidine groups is 1. The molecule has 0 aromatic heterocycles. The maximum atomic E-state index is 10.8. The van der Waals surface area contributed by atoms with E-state index in [0.29, 0.717) is 12.3 Å². The second-order valence-electron chi connectivity index (χ2n) is 5.64. The first-order valence-corrected chi connectivity index (χ1v) is 8.04. The van der Waals surface area contributed by atoms with Crippen LogP contribution < -0.4 is 15.8 Å². The van der Waals surface area contributed by atoms with E-state index < -0.39 is 5.91 Å². The molecule has 0 aliphatic rings. The molecule has 2 aromatic rings. The average molecular weight is 340 g/mol. The standard InChI is InChI=1S/C19H24N4O2/c1-21-19(23(2)13-15-7-4-3-5-8-15)22-12-16-9-6-10-17(11-16)25-14-18(20)24/h3-11H,12-14H2,1-2H3,(H2,20,24)(H,21,22). The number of carbonyl (C=O) groups excluding carboxylic acids is 1. The number of hydrogen-bond donors (Lipinski definition) is 2. The number of nitrogens with one attached hydrogen (secondary N) is 1. The predicted molar refractivity (Wildman–Crippen MR) is 99.2 cm³/mol. The average Bonchev–Trinajstić information content (AvgIpc) is 2.62. The van der Waals surface area contributed by atoms with Crippen LogP contribution in [0.2, 0.25) is 0 Å². The minimum Gasteiger partial charge on any atom is -0.484 e. The highest BCUT2D eigenvalue weighted by molar-refractivity contribution is 5.79. The lowest BCUT2D eigenvalue weighted by Gasteiger charge is -2.22. The van der Waals surface area contributed by atoms with Crippen molar-refractivity contribution in [1.82, 2.24) is 10.2 Å². The van der Waals surface area contributed by atoms with Gasteiger partial charge in [0.1, 0.15) is 5.75 Å². The van der Waals surface area contributed by atoms with Crippen molar-refractivity contribution < 1.29 is 9.53 Å². The Kier molecular flexibility index (Phi) is 6.83. The van der Waals surface area contributed by atoms with Gasteiger partial charge in [-0.25, -0.2) is 0 Å². The number of carbonyl (C=O) groups is 1. The second kappa shape index (κ2) is 9.32. The molecule has 0 saturated heterocycles. The molecule has 6 heteroatoms. The maximum Gasteiger partial charge on any atom is 0.255 e. The summed E-state index contributed by atoms with van der Waals surface area (Å²) in [5, 5.41) is 3.33. The fourth-order valence-corrected chi connectivity index (χ4v) is 2.40. The number of hydrogen-bond acceptors (Lipinski definition) is 3. The highest BCUT2D eigenvalue weighted by Gasteiger charge is 2.07. The Morgan fingerprint density at radius 2 is 1.88 bits per heavy atom. The van der Waals surface area contributed by atoms with E-state index in [1.165, 1.54) is 5.56 Å². The van der Waals surface area contributed by atoms with Crippen molar-refractivity contribution >= 4 is 11.9 Å². The number of nitrogens with zero attached hydrogens (tertiary/aromatic N) is 2. The zero-order valence-electron chi connectivity index (χ0n) is 14.6. The van der Waals surface area contributed by atoms with Crippen LogP contribution in [0.1, 0.15) is 11.1 Å². The molecule has 6 nitrogen and oxygen atoms in total. The number of rotatable bonds is 7. The predicted octanol–water partition coefficient (Wildman–Crippen LogP) is 1.76. The highest BCUT2D eigenvalue weighted by atomic mass is 16.5. The lowest BCUT2D eigenvalue weighted by molar-refractivity contribution is -0.119. The summed E-state index contributed by atoms with van der Waals surface area (Å²) in [6.45, 7) is 1.24. The molecule has 25 heavy (non-hydrogen) atoms. The zero-order chi connectivity index (χ0) is 18.1. The molecule has 0 spiro atoms. The molecule has 2 aromatic carbocycles. The fourth-order valence-electron chi connectivity index (χ4n) is 2.40. The summed E-state index contributed by atoms with van der Waals surface area (Å²) in [6, 6.07) is 17.8. The molecule has 3 N–H and O–H groups in total. The molecule has 0 radical (unpaired) electrons. The SMILES string of the molecule is CN=C(NCc1cccc(OCC(N)=O)c1)N(C)Cc1ccccc1. The van der Waals surface area contributed by atoms with E-state index in [-0.39, 0.29) is 6.61 Å². The van der Waals surface area contributed by atoms with Crippen molar-refractivity contribution in [3.8, 4) is 5.75 Å². The van der Waals surface area contributed by atoms with Crippen molar-refractivity contribution in [3.63, 3.8) is 0 Å². The highest BCUT2D eigenvalue weighted by Crippen LogP contribution is 2.13. The van der Waals surface area contributed by atoms with E-state index in [4.69, 9.17) is 10.5 Å². The van der Waals surface area contributed by atoms with Crippen LogP contribution in [0.25, 0.3) is 0 Å². The number of nitrogens with two attached hydrogens (primary N) is 1. The van der Waals surface area contributed by atoms with Crippen LogP contribution in [-0.2, 0) is 17.9 Å². The molecule has 0 fully saturated rings. The lowest BCUT2D eigenvalue weighted by Crippen LogP contribution is -2.38. The van der Waals surface area contributed by atoms with Crippen LogP contribution in [0.15, 0.2) is 59.6 Å². The van der Waals surface area contributed by atoms with Crippen LogP contribution in [-0.4, -0.2) is 37.5 Å². The van der Waals surface area contributed by atoms with E-state index in [0.717, 1.165) is 18.1 Å². The first-order valence-electron chi connectivity index (χ1n) is 8.04. The van der Waals surface area contributed by atoms with Crippen LogP contribution in [0, 0.1) is 0 Å². The molecule has 0 unspecified atom stereocenters. The van der Waals surface area contributed by atoms with Crippen molar-refractivity contribution in [3.05, 3.63) is 65.7 Å². The Labute approximate surface area is 148 Å². The summed E-state index contributed by atoms with van der Waals surface area (Å²) in [5.74, 6) is 0.921. The molecule has 0 aliphatic heterocycles. The van der Waals surface area contributed by atoms with E-state index in [2.05, 4.69) is 27.3 Å². The van der Waals surface area contributed by atoms with Crippen LogP contribution >= 0.6 is 0 Å². The summed E-state index contributed by atoms with van der Waals surface area (Å²) in [7, 11) is 3.75. The monoisotopic (exact) mass is 340 g/mol. The number of primary amides is 1. The molecule has 0 bridgehead atoms. The number of aliphatic imine (C=N–C) groups is 1. The number of benzene rings is 2. The Balaban J connectivity index is 1.92. The quantitative estimate of drug-likeness (QED) is 0.594. The van der Waals surface area contributed by atoms with Crippen molar-refractivity contribution in [1.29, 1.82) is 0 Å². The van der Waals surface area contributed by atoms with Gasteiger partial charge in [0.2, 0.25) is 0 Å². The van der Waals surface area contributed by atoms with Crippen molar-refractivity contribution in [2.24, 2.45) is 10.7 Å². The van der Waals surface area contributed by atoms with Crippen LogP contribution in [0.3, 0.4) is 0 Å². The third-order valence-electron chi connectivity index (χ3n) is 3.57. The van der Waals surface area contributed by atoms with Crippen molar-refractivity contribution in [2.75, 3.05) is 20.7 Å². The normalized spacial score (nSPS) is 11.0. The Hall–Kier alpha value is -3.02.